The minimum absolute atomic E-state index is 0.117. The van der Waals surface area contributed by atoms with Gasteiger partial charge in [-0.1, -0.05) is 29.8 Å². The number of hydrogen-bond acceptors (Lipinski definition) is 3. The lowest BCUT2D eigenvalue weighted by molar-refractivity contribution is 0.639. The molecule has 0 bridgehead atoms. The molecule has 1 atom stereocenters. The van der Waals surface area contributed by atoms with Gasteiger partial charge in [0, 0.05) is 33.7 Å². The van der Waals surface area contributed by atoms with Crippen molar-refractivity contribution in [2.24, 2.45) is 0 Å². The van der Waals surface area contributed by atoms with Crippen LogP contribution in [0.1, 0.15) is 6.92 Å². The molecule has 2 aromatic heterocycles. The molecule has 4 nitrogen and oxygen atoms in total. The van der Waals surface area contributed by atoms with Gasteiger partial charge >= 0.3 is 0 Å². The molecule has 5 aromatic rings. The third-order valence-electron chi connectivity index (χ3n) is 5.54. The molecule has 1 unspecified atom stereocenters. The number of nitrogens with zero attached hydrogens (tertiary/aromatic N) is 2. The summed E-state index contributed by atoms with van der Waals surface area (Å²) >= 11 is 5.26. The van der Waals surface area contributed by atoms with Gasteiger partial charge in [0.2, 0.25) is 0 Å². The first-order valence-electron chi connectivity index (χ1n) is 10.3. The van der Waals surface area contributed by atoms with Gasteiger partial charge in [0.1, 0.15) is 5.75 Å². The van der Waals surface area contributed by atoms with E-state index in [0.29, 0.717) is 10.8 Å². The van der Waals surface area contributed by atoms with Gasteiger partial charge in [0.25, 0.3) is 5.56 Å². The Balaban J connectivity index is 1.77. The van der Waals surface area contributed by atoms with E-state index in [1.807, 2.05) is 73.7 Å². The molecule has 0 aliphatic heterocycles. The van der Waals surface area contributed by atoms with Gasteiger partial charge in [-0.15, -0.1) is 0 Å². The van der Waals surface area contributed by atoms with Crippen molar-refractivity contribution in [3.8, 4) is 16.8 Å². The van der Waals surface area contributed by atoms with E-state index >= 15 is 0 Å². The molecular weight excluding hydrogens is 440 g/mol. The van der Waals surface area contributed by atoms with Crippen molar-refractivity contribution >= 4 is 44.6 Å². The Morgan fingerprint density at radius 2 is 1.66 bits per heavy atom. The van der Waals surface area contributed by atoms with Crippen molar-refractivity contribution in [1.29, 1.82) is 0 Å². The number of benzene rings is 3. The van der Waals surface area contributed by atoms with Gasteiger partial charge in [0.05, 0.1) is 11.0 Å². The van der Waals surface area contributed by atoms with Crippen molar-refractivity contribution in [3.05, 3.63) is 100 Å². The van der Waals surface area contributed by atoms with Crippen LogP contribution in [-0.4, -0.2) is 19.9 Å². The highest BCUT2D eigenvalue weighted by Gasteiger charge is 2.17. The molecule has 0 fully saturated rings. The summed E-state index contributed by atoms with van der Waals surface area (Å²) in [6.45, 7) is 1.95. The molecular formula is C26H20ClN2O2S+. The van der Waals surface area contributed by atoms with Gasteiger partial charge in [-0.2, -0.15) is 4.55 Å². The highest BCUT2D eigenvalue weighted by atomic mass is 35.5. The lowest BCUT2D eigenvalue weighted by Crippen LogP contribution is -2.18. The second-order valence-corrected chi connectivity index (χ2v) is 9.67. The SMILES string of the molecule is CC[S+](O)c1ccc(-n2c(=O)ccc3cnc4ccc(-c5ccc(Cl)cc5)cc4c32)cc1. The molecule has 3 aromatic carbocycles. The molecule has 2 heterocycles. The number of halogens is 1. The molecule has 158 valence electrons. The lowest BCUT2D eigenvalue weighted by atomic mass is 10.0. The number of hydrogen-bond donors (Lipinski definition) is 1. The Kier molecular flexibility index (Phi) is 5.47. The minimum atomic E-state index is -0.793. The maximum Gasteiger partial charge on any atom is 0.255 e. The summed E-state index contributed by atoms with van der Waals surface area (Å²) in [5.74, 6) is 0.664. The molecule has 5 rings (SSSR count). The summed E-state index contributed by atoms with van der Waals surface area (Å²) in [5.41, 5.74) is 4.32. The van der Waals surface area contributed by atoms with E-state index in [1.54, 1.807) is 16.8 Å². The number of pyridine rings is 2. The highest BCUT2D eigenvalue weighted by Crippen LogP contribution is 2.30. The van der Waals surface area contributed by atoms with E-state index in [4.69, 9.17) is 11.6 Å². The molecule has 0 aliphatic rings. The van der Waals surface area contributed by atoms with Crippen molar-refractivity contribution in [2.45, 2.75) is 11.8 Å². The lowest BCUT2D eigenvalue weighted by Gasteiger charge is -2.13. The van der Waals surface area contributed by atoms with Crippen LogP contribution in [0, 0.1) is 0 Å². The van der Waals surface area contributed by atoms with E-state index in [1.165, 1.54) is 0 Å². The maximum absolute atomic E-state index is 13.0. The monoisotopic (exact) mass is 459 g/mol. The zero-order valence-electron chi connectivity index (χ0n) is 17.3. The molecule has 6 heteroatoms. The van der Waals surface area contributed by atoms with Crippen molar-refractivity contribution in [1.82, 2.24) is 9.55 Å². The molecule has 0 amide bonds. The van der Waals surface area contributed by atoms with Crippen LogP contribution in [0.15, 0.2) is 94.7 Å². The Hall–Kier alpha value is -3.12. The van der Waals surface area contributed by atoms with E-state index in [9.17, 15) is 9.35 Å². The fourth-order valence-electron chi connectivity index (χ4n) is 3.91. The van der Waals surface area contributed by atoms with Crippen LogP contribution < -0.4 is 5.56 Å². The Labute approximate surface area is 193 Å². The van der Waals surface area contributed by atoms with E-state index < -0.39 is 11.2 Å². The molecule has 0 aliphatic carbocycles. The van der Waals surface area contributed by atoms with Crippen LogP contribution in [0.4, 0.5) is 0 Å². The predicted molar refractivity (Wildman–Crippen MR) is 134 cm³/mol. The van der Waals surface area contributed by atoms with Gasteiger partial charge in [0.15, 0.2) is 16.1 Å². The van der Waals surface area contributed by atoms with E-state index in [0.717, 1.165) is 43.5 Å². The number of fused-ring (bicyclic) bond motifs is 3. The van der Waals surface area contributed by atoms with Gasteiger partial charge < -0.3 is 0 Å². The number of rotatable bonds is 4. The van der Waals surface area contributed by atoms with Crippen molar-refractivity contribution in [2.75, 3.05) is 5.75 Å². The predicted octanol–water partition coefficient (Wildman–Crippen LogP) is 6.33. The first kappa shape index (κ1) is 20.8. The van der Waals surface area contributed by atoms with Gasteiger partial charge in [-0.25, -0.2) is 0 Å². The van der Waals surface area contributed by atoms with Crippen LogP contribution >= 0.6 is 11.6 Å². The number of aromatic nitrogens is 2. The molecule has 0 spiro atoms. The van der Waals surface area contributed by atoms with Crippen LogP contribution in [0.5, 0.6) is 0 Å². The molecule has 0 saturated heterocycles. The fraction of sp³-hybridized carbons (Fsp3) is 0.0769. The standard InChI is InChI=1S/C26H20ClN2O2S/c1-2-32(31)22-11-9-21(10-12-22)29-25(30)14-6-19-16-28-24-13-5-18(15-23(24)26(19)29)17-3-7-20(27)8-4-17/h3-16,31H,2H2,1H3/q+1. The zero-order valence-corrected chi connectivity index (χ0v) is 18.9. The summed E-state index contributed by atoms with van der Waals surface area (Å²) in [6.07, 6.45) is 1.80. The normalized spacial score (nSPS) is 12.3. The van der Waals surface area contributed by atoms with Crippen LogP contribution in [0.2, 0.25) is 5.02 Å². The maximum atomic E-state index is 13.0. The molecule has 0 saturated carbocycles. The quantitative estimate of drug-likeness (QED) is 0.252. The zero-order chi connectivity index (χ0) is 22.2. The summed E-state index contributed by atoms with van der Waals surface area (Å²) < 4.78 is 11.9. The average Bonchev–Trinajstić information content (AvgIpc) is 2.83. The summed E-state index contributed by atoms with van der Waals surface area (Å²) in [7, 11) is 0. The van der Waals surface area contributed by atoms with Crippen LogP contribution in [-0.2, 0) is 11.2 Å². The van der Waals surface area contributed by atoms with Crippen molar-refractivity contribution in [3.63, 3.8) is 0 Å². The summed E-state index contributed by atoms with van der Waals surface area (Å²) in [4.78, 5) is 18.5. The second kappa shape index (κ2) is 8.43. The van der Waals surface area contributed by atoms with Crippen molar-refractivity contribution < 1.29 is 4.55 Å². The highest BCUT2D eigenvalue weighted by molar-refractivity contribution is 7.91. The topological polar surface area (TPSA) is 55.1 Å². The minimum Gasteiger partial charge on any atom is -0.276 e. The smallest absolute Gasteiger partial charge is 0.255 e. The average molecular weight is 460 g/mol. The van der Waals surface area contributed by atoms with Crippen LogP contribution in [0.25, 0.3) is 38.6 Å². The Morgan fingerprint density at radius 3 is 2.38 bits per heavy atom. The van der Waals surface area contributed by atoms with Crippen LogP contribution in [0.3, 0.4) is 0 Å². The summed E-state index contributed by atoms with van der Waals surface area (Å²) in [5, 5.41) is 2.46. The summed E-state index contributed by atoms with van der Waals surface area (Å²) in [6, 6.07) is 24.7. The first-order chi connectivity index (χ1) is 15.5. The third-order valence-corrected chi connectivity index (χ3v) is 7.15. The third kappa shape index (κ3) is 3.69. The van der Waals surface area contributed by atoms with E-state index in [2.05, 4.69) is 11.1 Å². The second-order valence-electron chi connectivity index (χ2n) is 7.46. The molecule has 32 heavy (non-hydrogen) atoms. The largest absolute Gasteiger partial charge is 0.276 e. The molecule has 1 N–H and O–H groups in total. The van der Waals surface area contributed by atoms with Gasteiger partial charge in [-0.05, 0) is 72.6 Å². The Bertz CT molecular complexity index is 1500. The van der Waals surface area contributed by atoms with E-state index in [-0.39, 0.29) is 5.56 Å². The fourth-order valence-corrected chi connectivity index (χ4v) is 4.82. The first-order valence-corrected chi connectivity index (χ1v) is 12.0. The van der Waals surface area contributed by atoms with Gasteiger partial charge in [-0.3, -0.25) is 14.3 Å². The Morgan fingerprint density at radius 1 is 0.938 bits per heavy atom. The molecule has 0 radical (unpaired) electrons.